The Morgan fingerprint density at radius 1 is 0.860 bits per heavy atom. The maximum atomic E-state index is 12.1. The number of aliphatic carboxylic acids is 1. The summed E-state index contributed by atoms with van der Waals surface area (Å²) < 4.78 is 5.21. The molecular formula is C36H48N2O4S. The second-order valence-corrected chi connectivity index (χ2v) is 13.6. The molecule has 0 saturated carbocycles. The molecule has 0 aromatic heterocycles. The molecule has 1 amide bonds. The number of hydrogen-bond acceptors (Lipinski definition) is 5. The highest BCUT2D eigenvalue weighted by molar-refractivity contribution is 7.98. The van der Waals surface area contributed by atoms with E-state index < -0.39 is 23.7 Å². The van der Waals surface area contributed by atoms with E-state index in [9.17, 15) is 14.7 Å². The van der Waals surface area contributed by atoms with Gasteiger partial charge in [-0.3, -0.25) is 0 Å². The molecule has 0 aliphatic heterocycles. The minimum absolute atomic E-state index is 0.175. The first-order chi connectivity index (χ1) is 20.3. The van der Waals surface area contributed by atoms with Crippen LogP contribution < -0.4 is 10.6 Å². The molecule has 0 aliphatic rings. The third-order valence-electron chi connectivity index (χ3n) is 7.55. The number of rotatable bonds is 14. The summed E-state index contributed by atoms with van der Waals surface area (Å²) >= 11 is 1.46. The van der Waals surface area contributed by atoms with E-state index in [2.05, 4.69) is 99.0 Å². The fraction of sp³-hybridized carbons (Fsp3) is 0.444. The molecule has 0 bridgehead atoms. The van der Waals surface area contributed by atoms with Crippen LogP contribution in [0, 0.1) is 0 Å². The zero-order valence-corrected chi connectivity index (χ0v) is 27.5. The summed E-state index contributed by atoms with van der Waals surface area (Å²) in [6, 6.07) is 24.9. The smallest absolute Gasteiger partial charge is 0.408 e. The molecule has 3 rings (SSSR count). The zero-order valence-electron chi connectivity index (χ0n) is 26.7. The first kappa shape index (κ1) is 34.2. The monoisotopic (exact) mass is 604 g/mol. The fourth-order valence-corrected chi connectivity index (χ4v) is 5.97. The van der Waals surface area contributed by atoms with Crippen LogP contribution in [0.2, 0.25) is 0 Å². The quantitative estimate of drug-likeness (QED) is 0.171. The van der Waals surface area contributed by atoms with Gasteiger partial charge in [-0.2, -0.15) is 11.8 Å². The highest BCUT2D eigenvalue weighted by atomic mass is 32.2. The Morgan fingerprint density at radius 3 is 2.00 bits per heavy atom. The van der Waals surface area contributed by atoms with Crippen LogP contribution in [0.1, 0.15) is 89.5 Å². The number of carboxylic acid groups (broad SMARTS) is 1. The summed E-state index contributed by atoms with van der Waals surface area (Å²) in [4.78, 5) is 23.7. The Hall–Kier alpha value is -3.29. The number of nitrogens with one attached hydrogen (secondary N) is 2. The van der Waals surface area contributed by atoms with Crippen LogP contribution in [0.4, 0.5) is 4.79 Å². The van der Waals surface area contributed by atoms with E-state index in [0.717, 1.165) is 36.1 Å². The number of thioether (sulfide) groups is 1. The van der Waals surface area contributed by atoms with E-state index in [1.165, 1.54) is 28.5 Å². The van der Waals surface area contributed by atoms with E-state index >= 15 is 0 Å². The molecular weight excluding hydrogens is 556 g/mol. The van der Waals surface area contributed by atoms with Gasteiger partial charge in [-0.15, -0.1) is 0 Å². The van der Waals surface area contributed by atoms with Crippen LogP contribution in [0.25, 0.3) is 11.1 Å². The third-order valence-corrected chi connectivity index (χ3v) is 8.66. The van der Waals surface area contributed by atoms with Gasteiger partial charge in [0, 0.05) is 23.6 Å². The molecule has 6 nitrogen and oxygen atoms in total. The van der Waals surface area contributed by atoms with Gasteiger partial charge in [0.25, 0.3) is 0 Å². The van der Waals surface area contributed by atoms with Crippen molar-refractivity contribution in [2.24, 2.45) is 0 Å². The molecule has 0 aliphatic carbocycles. The van der Waals surface area contributed by atoms with Gasteiger partial charge in [0.15, 0.2) is 0 Å². The molecule has 3 N–H and O–H groups in total. The fourth-order valence-electron chi connectivity index (χ4n) is 4.98. The lowest BCUT2D eigenvalue weighted by atomic mass is 9.89. The van der Waals surface area contributed by atoms with Crippen LogP contribution in [-0.4, -0.2) is 34.6 Å². The molecule has 43 heavy (non-hydrogen) atoms. The van der Waals surface area contributed by atoms with E-state index in [0.29, 0.717) is 11.7 Å². The summed E-state index contributed by atoms with van der Waals surface area (Å²) in [6.45, 7) is 14.9. The first-order valence-corrected chi connectivity index (χ1v) is 16.3. The Bertz CT molecular complexity index is 1340. The van der Waals surface area contributed by atoms with Crippen LogP contribution in [0.15, 0.2) is 72.8 Å². The van der Waals surface area contributed by atoms with Crippen molar-refractivity contribution in [2.75, 3.05) is 5.75 Å². The Balaban J connectivity index is 1.60. The van der Waals surface area contributed by atoms with E-state index in [4.69, 9.17) is 4.74 Å². The normalized spacial score (nSPS) is 12.7. The molecule has 0 radical (unpaired) electrons. The second-order valence-electron chi connectivity index (χ2n) is 12.6. The minimum Gasteiger partial charge on any atom is -0.480 e. The van der Waals surface area contributed by atoms with Crippen molar-refractivity contribution in [3.8, 4) is 11.1 Å². The number of hydrogen-bond donors (Lipinski definition) is 3. The predicted molar refractivity (Wildman–Crippen MR) is 178 cm³/mol. The number of alkyl carbamates (subject to hydrolysis) is 1. The molecule has 232 valence electrons. The highest BCUT2D eigenvalue weighted by Crippen LogP contribution is 2.28. The molecule has 3 aromatic rings. The van der Waals surface area contributed by atoms with Crippen molar-refractivity contribution in [3.05, 3.63) is 95.1 Å². The van der Waals surface area contributed by atoms with Gasteiger partial charge >= 0.3 is 12.1 Å². The van der Waals surface area contributed by atoms with E-state index in [1.54, 1.807) is 20.8 Å². The molecule has 0 saturated heterocycles. The van der Waals surface area contributed by atoms with Crippen molar-refractivity contribution >= 4 is 23.8 Å². The highest BCUT2D eigenvalue weighted by Gasteiger charge is 2.24. The SMILES string of the molecule is CCC(CC)c1ccc(C(C)(C)NCc2cccc(-c3cccc(CSC[C@H](NC(=O)OC(C)(C)C)C(=O)O)c3)c2)cc1. The summed E-state index contributed by atoms with van der Waals surface area (Å²) in [5.41, 5.74) is 6.36. The third kappa shape index (κ3) is 10.7. The lowest BCUT2D eigenvalue weighted by Gasteiger charge is -2.28. The molecule has 0 spiro atoms. The van der Waals surface area contributed by atoms with Crippen molar-refractivity contribution < 1.29 is 19.4 Å². The standard InChI is InChI=1S/C36H48N2O4S/c1-8-27(9-2)28-16-18-31(19-17-28)36(6,7)37-22-25-12-10-14-29(20-25)30-15-11-13-26(21-30)23-43-24-32(33(39)40)38-34(41)42-35(3,4)5/h10-21,27,32,37H,8-9,22-24H2,1-7H3,(H,38,41)(H,39,40)/t32-/m0/s1. The van der Waals surface area contributed by atoms with Crippen molar-refractivity contribution in [2.45, 2.75) is 96.7 Å². The van der Waals surface area contributed by atoms with Crippen LogP contribution in [0.5, 0.6) is 0 Å². The lowest BCUT2D eigenvalue weighted by molar-refractivity contribution is -0.138. The Labute approximate surface area is 262 Å². The van der Waals surface area contributed by atoms with Gasteiger partial charge in [-0.25, -0.2) is 9.59 Å². The average molecular weight is 605 g/mol. The molecule has 3 aromatic carbocycles. The molecule has 0 fully saturated rings. The van der Waals surface area contributed by atoms with Gasteiger partial charge in [-0.1, -0.05) is 80.6 Å². The van der Waals surface area contributed by atoms with Crippen molar-refractivity contribution in [1.82, 2.24) is 10.6 Å². The molecule has 7 heteroatoms. The minimum atomic E-state index is -1.08. The predicted octanol–water partition coefficient (Wildman–Crippen LogP) is 8.49. The van der Waals surface area contributed by atoms with Crippen molar-refractivity contribution in [3.63, 3.8) is 0 Å². The molecule has 1 atom stereocenters. The number of ether oxygens (including phenoxy) is 1. The number of amides is 1. The maximum Gasteiger partial charge on any atom is 0.408 e. The van der Waals surface area contributed by atoms with Crippen LogP contribution >= 0.6 is 11.8 Å². The van der Waals surface area contributed by atoms with Crippen LogP contribution in [-0.2, 0) is 27.4 Å². The van der Waals surface area contributed by atoms with E-state index in [-0.39, 0.29) is 11.3 Å². The topological polar surface area (TPSA) is 87.7 Å². The number of carboxylic acids is 1. The molecule has 0 heterocycles. The van der Waals surface area contributed by atoms with Gasteiger partial charge in [-0.05, 0) is 92.8 Å². The largest absolute Gasteiger partial charge is 0.480 e. The van der Waals surface area contributed by atoms with Gasteiger partial charge in [0.2, 0.25) is 0 Å². The number of carbonyl (C=O) groups is 2. The van der Waals surface area contributed by atoms with Gasteiger partial charge in [0.1, 0.15) is 11.6 Å². The van der Waals surface area contributed by atoms with Crippen molar-refractivity contribution in [1.29, 1.82) is 0 Å². The van der Waals surface area contributed by atoms with Gasteiger partial charge in [0.05, 0.1) is 0 Å². The van der Waals surface area contributed by atoms with Gasteiger partial charge < -0.3 is 20.5 Å². The maximum absolute atomic E-state index is 12.1. The summed E-state index contributed by atoms with van der Waals surface area (Å²) in [7, 11) is 0. The second kappa shape index (κ2) is 15.4. The lowest BCUT2D eigenvalue weighted by Crippen LogP contribution is -2.44. The number of benzene rings is 3. The number of carbonyl (C=O) groups excluding carboxylic acids is 1. The van der Waals surface area contributed by atoms with E-state index in [1.807, 2.05) is 12.1 Å². The Morgan fingerprint density at radius 2 is 1.44 bits per heavy atom. The summed E-state index contributed by atoms with van der Waals surface area (Å²) in [6.07, 6.45) is 1.59. The summed E-state index contributed by atoms with van der Waals surface area (Å²) in [5, 5.41) is 15.8. The average Bonchev–Trinajstić information content (AvgIpc) is 2.96. The van der Waals surface area contributed by atoms with Crippen LogP contribution in [0.3, 0.4) is 0 Å². The summed E-state index contributed by atoms with van der Waals surface area (Å²) in [5.74, 6) is 0.391. The first-order valence-electron chi connectivity index (χ1n) is 15.1. The Kier molecular flexibility index (Phi) is 12.3. The zero-order chi connectivity index (χ0) is 31.6. The molecule has 0 unspecified atom stereocenters.